The molecule has 1 saturated heterocycles. The molecule has 0 saturated carbocycles. The minimum absolute atomic E-state index is 0.0156. The van der Waals surface area contributed by atoms with Crippen LogP contribution < -0.4 is 5.32 Å². The van der Waals surface area contributed by atoms with Crippen LogP contribution in [0.5, 0.6) is 0 Å². The SMILES string of the molecule is Cc1nn(C2CCC(=O)NC2=O)c2ccc(F)c(C(C)C)c12. The smallest absolute Gasteiger partial charge is 0.251 e. The first-order valence-corrected chi connectivity index (χ1v) is 7.41. The molecule has 2 aromatic rings. The van der Waals surface area contributed by atoms with E-state index in [9.17, 15) is 14.0 Å². The molecule has 2 amide bonds. The van der Waals surface area contributed by atoms with Gasteiger partial charge >= 0.3 is 0 Å². The van der Waals surface area contributed by atoms with Gasteiger partial charge in [-0.2, -0.15) is 5.10 Å². The van der Waals surface area contributed by atoms with Gasteiger partial charge in [0.2, 0.25) is 5.91 Å². The molecule has 5 nitrogen and oxygen atoms in total. The van der Waals surface area contributed by atoms with Crippen LogP contribution in [0.15, 0.2) is 12.1 Å². The Hall–Kier alpha value is -2.24. The van der Waals surface area contributed by atoms with Crippen molar-refractivity contribution >= 4 is 22.7 Å². The third kappa shape index (κ3) is 2.19. The molecule has 1 aromatic carbocycles. The van der Waals surface area contributed by atoms with E-state index in [0.717, 1.165) is 10.9 Å². The summed E-state index contributed by atoms with van der Waals surface area (Å²) in [7, 11) is 0. The Balaban J connectivity index is 2.19. The predicted molar refractivity (Wildman–Crippen MR) is 79.9 cm³/mol. The van der Waals surface area contributed by atoms with Crippen molar-refractivity contribution in [3.63, 3.8) is 0 Å². The fourth-order valence-electron chi connectivity index (χ4n) is 3.14. The highest BCUT2D eigenvalue weighted by molar-refractivity contribution is 6.00. The minimum atomic E-state index is -0.528. The predicted octanol–water partition coefficient (Wildman–Crippen LogP) is 2.58. The standard InChI is InChI=1S/C16H18FN3O2/c1-8(2)14-10(17)4-5-11-15(14)9(3)19-20(11)12-6-7-13(21)18-16(12)22/h4-5,8,12H,6-7H2,1-3H3,(H,18,21,22). The summed E-state index contributed by atoms with van der Waals surface area (Å²) in [6, 6.07) is 2.54. The zero-order valence-corrected chi connectivity index (χ0v) is 12.8. The summed E-state index contributed by atoms with van der Waals surface area (Å²) in [4.78, 5) is 23.4. The number of halogens is 1. The maximum absolute atomic E-state index is 14.2. The van der Waals surface area contributed by atoms with Gasteiger partial charge in [0.25, 0.3) is 5.91 Å². The zero-order chi connectivity index (χ0) is 16.0. The summed E-state index contributed by atoms with van der Waals surface area (Å²) in [5.41, 5.74) is 2.05. The van der Waals surface area contributed by atoms with Crippen molar-refractivity contribution in [3.05, 3.63) is 29.2 Å². The number of rotatable bonds is 2. The van der Waals surface area contributed by atoms with Crippen molar-refractivity contribution in [2.75, 3.05) is 0 Å². The van der Waals surface area contributed by atoms with Gasteiger partial charge in [0.15, 0.2) is 0 Å². The van der Waals surface area contributed by atoms with Crippen LogP contribution in [0.2, 0.25) is 0 Å². The van der Waals surface area contributed by atoms with Crippen LogP contribution in [0, 0.1) is 12.7 Å². The molecule has 1 N–H and O–H groups in total. The zero-order valence-electron chi connectivity index (χ0n) is 12.8. The number of fused-ring (bicyclic) bond motifs is 1. The highest BCUT2D eigenvalue weighted by Gasteiger charge is 2.31. The molecule has 1 fully saturated rings. The maximum Gasteiger partial charge on any atom is 0.251 e. The normalized spacial score (nSPS) is 19.0. The first-order valence-electron chi connectivity index (χ1n) is 7.41. The van der Waals surface area contributed by atoms with Gasteiger partial charge in [-0.1, -0.05) is 13.8 Å². The number of aromatic nitrogens is 2. The van der Waals surface area contributed by atoms with Crippen LogP contribution >= 0.6 is 0 Å². The maximum atomic E-state index is 14.2. The Morgan fingerprint density at radius 1 is 1.36 bits per heavy atom. The lowest BCUT2D eigenvalue weighted by Crippen LogP contribution is -2.42. The molecule has 116 valence electrons. The van der Waals surface area contributed by atoms with Crippen molar-refractivity contribution in [2.45, 2.75) is 45.6 Å². The van der Waals surface area contributed by atoms with Gasteiger partial charge in [0, 0.05) is 17.4 Å². The van der Waals surface area contributed by atoms with Crippen LogP contribution in [0.4, 0.5) is 4.39 Å². The van der Waals surface area contributed by atoms with Crippen molar-refractivity contribution in [3.8, 4) is 0 Å². The molecule has 3 rings (SSSR count). The number of nitrogens with one attached hydrogen (secondary N) is 1. The summed E-state index contributed by atoms with van der Waals surface area (Å²) in [5, 5.41) is 7.55. The van der Waals surface area contributed by atoms with E-state index in [2.05, 4.69) is 10.4 Å². The lowest BCUT2D eigenvalue weighted by atomic mass is 9.97. The van der Waals surface area contributed by atoms with E-state index in [1.54, 1.807) is 10.7 Å². The molecule has 6 heteroatoms. The second-order valence-electron chi connectivity index (χ2n) is 6.01. The fourth-order valence-corrected chi connectivity index (χ4v) is 3.14. The Labute approximate surface area is 127 Å². The summed E-state index contributed by atoms with van der Waals surface area (Å²) < 4.78 is 15.8. The average Bonchev–Trinajstić information content (AvgIpc) is 2.75. The highest BCUT2D eigenvalue weighted by atomic mass is 19.1. The number of carbonyl (C=O) groups is 2. The van der Waals surface area contributed by atoms with Crippen LogP contribution in [-0.2, 0) is 9.59 Å². The van der Waals surface area contributed by atoms with E-state index in [-0.39, 0.29) is 30.0 Å². The molecule has 2 heterocycles. The molecular formula is C16H18FN3O2. The summed E-state index contributed by atoms with van der Waals surface area (Å²) in [6.07, 6.45) is 0.699. The Morgan fingerprint density at radius 2 is 2.09 bits per heavy atom. The second kappa shape index (κ2) is 5.19. The molecule has 1 aromatic heterocycles. The quantitative estimate of drug-likeness (QED) is 0.867. The lowest BCUT2D eigenvalue weighted by Gasteiger charge is -2.22. The minimum Gasteiger partial charge on any atom is -0.295 e. The number of imide groups is 1. The van der Waals surface area contributed by atoms with Gasteiger partial charge in [-0.3, -0.25) is 19.6 Å². The molecule has 1 aliphatic rings. The van der Waals surface area contributed by atoms with Crippen molar-refractivity contribution in [2.24, 2.45) is 0 Å². The molecule has 0 bridgehead atoms. The number of piperidine rings is 1. The first-order chi connectivity index (χ1) is 10.4. The van der Waals surface area contributed by atoms with Crippen LogP contribution in [-0.4, -0.2) is 21.6 Å². The molecule has 1 unspecified atom stereocenters. The lowest BCUT2D eigenvalue weighted by molar-refractivity contribution is -0.135. The Bertz CT molecular complexity index is 779. The number of nitrogens with zero attached hydrogens (tertiary/aromatic N) is 2. The van der Waals surface area contributed by atoms with Crippen molar-refractivity contribution < 1.29 is 14.0 Å². The summed E-state index contributed by atoms with van der Waals surface area (Å²) in [6.45, 7) is 5.68. The van der Waals surface area contributed by atoms with Gasteiger partial charge < -0.3 is 0 Å². The number of aryl methyl sites for hydroxylation is 1. The molecule has 0 radical (unpaired) electrons. The third-order valence-corrected chi connectivity index (χ3v) is 4.12. The summed E-state index contributed by atoms with van der Waals surface area (Å²) >= 11 is 0. The highest BCUT2D eigenvalue weighted by Crippen LogP contribution is 2.33. The van der Waals surface area contributed by atoms with Crippen molar-refractivity contribution in [1.82, 2.24) is 15.1 Å². The topological polar surface area (TPSA) is 64.0 Å². The Morgan fingerprint density at radius 3 is 2.73 bits per heavy atom. The molecule has 22 heavy (non-hydrogen) atoms. The number of benzene rings is 1. The van der Waals surface area contributed by atoms with E-state index in [1.165, 1.54) is 6.07 Å². The summed E-state index contributed by atoms with van der Waals surface area (Å²) in [5.74, 6) is -0.852. The second-order valence-corrected chi connectivity index (χ2v) is 6.01. The van der Waals surface area contributed by atoms with E-state index in [4.69, 9.17) is 0 Å². The first kappa shape index (κ1) is 14.7. The molecule has 1 atom stereocenters. The number of hydrogen-bond donors (Lipinski definition) is 1. The average molecular weight is 303 g/mol. The molecule has 0 spiro atoms. The largest absolute Gasteiger partial charge is 0.295 e. The third-order valence-electron chi connectivity index (χ3n) is 4.12. The van der Waals surface area contributed by atoms with E-state index in [1.807, 2.05) is 20.8 Å². The monoisotopic (exact) mass is 303 g/mol. The number of hydrogen-bond acceptors (Lipinski definition) is 3. The molecule has 0 aliphatic carbocycles. The van der Waals surface area contributed by atoms with Crippen LogP contribution in [0.1, 0.15) is 49.9 Å². The van der Waals surface area contributed by atoms with Gasteiger partial charge in [0.05, 0.1) is 11.2 Å². The molecule has 1 aliphatic heterocycles. The van der Waals surface area contributed by atoms with Crippen LogP contribution in [0.25, 0.3) is 10.9 Å². The fraction of sp³-hybridized carbons (Fsp3) is 0.438. The molecular weight excluding hydrogens is 285 g/mol. The Kier molecular flexibility index (Phi) is 3.47. The van der Waals surface area contributed by atoms with Crippen LogP contribution in [0.3, 0.4) is 0 Å². The van der Waals surface area contributed by atoms with Gasteiger partial charge in [-0.05, 0) is 31.4 Å². The van der Waals surface area contributed by atoms with Gasteiger partial charge in [0.1, 0.15) is 11.9 Å². The van der Waals surface area contributed by atoms with E-state index < -0.39 is 6.04 Å². The van der Waals surface area contributed by atoms with Crippen molar-refractivity contribution in [1.29, 1.82) is 0 Å². The number of carbonyl (C=O) groups excluding carboxylic acids is 2. The van der Waals surface area contributed by atoms with Gasteiger partial charge in [-0.25, -0.2) is 4.39 Å². The van der Waals surface area contributed by atoms with E-state index in [0.29, 0.717) is 17.7 Å². The number of amides is 2. The van der Waals surface area contributed by atoms with Gasteiger partial charge in [-0.15, -0.1) is 0 Å². The van der Waals surface area contributed by atoms with E-state index >= 15 is 0 Å².